The van der Waals surface area contributed by atoms with Gasteiger partial charge in [-0.15, -0.1) is 0 Å². The van der Waals surface area contributed by atoms with Crippen LogP contribution in [0.2, 0.25) is 0 Å². The Bertz CT molecular complexity index is 544. The summed E-state index contributed by atoms with van der Waals surface area (Å²) in [5.41, 5.74) is 1.14. The van der Waals surface area contributed by atoms with Crippen molar-refractivity contribution in [2.75, 3.05) is 6.54 Å². The summed E-state index contributed by atoms with van der Waals surface area (Å²) in [5.74, 6) is 0.243. The van der Waals surface area contributed by atoms with E-state index in [9.17, 15) is 8.42 Å². The number of aromatic nitrogens is 2. The summed E-state index contributed by atoms with van der Waals surface area (Å²) in [5, 5.41) is 13.3. The molecule has 0 atom stereocenters. The van der Waals surface area contributed by atoms with E-state index < -0.39 is 10.0 Å². The van der Waals surface area contributed by atoms with Crippen LogP contribution in [0.25, 0.3) is 0 Å². The minimum Gasteiger partial charge on any atom is -0.393 e. The molecule has 1 saturated carbocycles. The van der Waals surface area contributed by atoms with Crippen LogP contribution in [-0.2, 0) is 17.1 Å². The third-order valence-electron chi connectivity index (χ3n) is 3.48. The summed E-state index contributed by atoms with van der Waals surface area (Å²) in [6.45, 7) is 3.81. The van der Waals surface area contributed by atoms with Crippen molar-refractivity contribution in [3.8, 4) is 0 Å². The number of nitrogens with one attached hydrogen (secondary N) is 1. The molecule has 1 aromatic rings. The number of nitrogens with zero attached hydrogens (tertiary/aromatic N) is 2. The van der Waals surface area contributed by atoms with E-state index in [2.05, 4.69) is 9.82 Å². The monoisotopic (exact) mass is 273 g/mol. The van der Waals surface area contributed by atoms with Gasteiger partial charge in [-0.3, -0.25) is 4.68 Å². The van der Waals surface area contributed by atoms with E-state index >= 15 is 0 Å². The Balaban J connectivity index is 2.10. The fraction of sp³-hybridized carbons (Fsp3) is 0.727. The molecule has 18 heavy (non-hydrogen) atoms. The maximum absolute atomic E-state index is 12.2. The Morgan fingerprint density at radius 3 is 2.50 bits per heavy atom. The SMILES string of the molecule is Cc1nn(C)c(C)c1S(=O)(=O)NCC1CC(O)C1. The third kappa shape index (κ3) is 2.43. The largest absolute Gasteiger partial charge is 0.393 e. The van der Waals surface area contributed by atoms with Crippen LogP contribution >= 0.6 is 0 Å². The Hall–Kier alpha value is -0.920. The minimum atomic E-state index is -3.50. The lowest BCUT2D eigenvalue weighted by atomic mass is 9.83. The molecule has 0 radical (unpaired) electrons. The van der Waals surface area contributed by atoms with Crippen LogP contribution in [0.15, 0.2) is 4.90 Å². The summed E-state index contributed by atoms with van der Waals surface area (Å²) in [6.07, 6.45) is 1.09. The summed E-state index contributed by atoms with van der Waals surface area (Å²) in [7, 11) is -1.78. The van der Waals surface area contributed by atoms with Gasteiger partial charge in [0.2, 0.25) is 10.0 Å². The van der Waals surface area contributed by atoms with Gasteiger partial charge < -0.3 is 5.11 Å². The van der Waals surface area contributed by atoms with Gasteiger partial charge in [0.1, 0.15) is 4.90 Å². The number of hydrogen-bond acceptors (Lipinski definition) is 4. The fourth-order valence-electron chi connectivity index (χ4n) is 2.31. The highest BCUT2D eigenvalue weighted by Gasteiger charge is 2.30. The molecule has 2 rings (SSSR count). The van der Waals surface area contributed by atoms with Crippen molar-refractivity contribution in [1.82, 2.24) is 14.5 Å². The molecular weight excluding hydrogens is 254 g/mol. The molecule has 0 aliphatic heterocycles. The molecule has 0 unspecified atom stereocenters. The number of aryl methyl sites for hydroxylation is 2. The van der Waals surface area contributed by atoms with Crippen molar-refractivity contribution >= 4 is 10.0 Å². The molecule has 7 heteroatoms. The van der Waals surface area contributed by atoms with Crippen LogP contribution in [0, 0.1) is 19.8 Å². The van der Waals surface area contributed by atoms with E-state index in [-0.39, 0.29) is 16.9 Å². The fourth-order valence-corrected chi connectivity index (χ4v) is 3.86. The van der Waals surface area contributed by atoms with Gasteiger partial charge in [-0.2, -0.15) is 5.10 Å². The van der Waals surface area contributed by atoms with Gasteiger partial charge in [0.05, 0.1) is 17.5 Å². The molecule has 0 bridgehead atoms. The van der Waals surface area contributed by atoms with E-state index in [4.69, 9.17) is 5.11 Å². The molecule has 6 nitrogen and oxygen atoms in total. The van der Waals surface area contributed by atoms with Crippen molar-refractivity contribution in [1.29, 1.82) is 0 Å². The van der Waals surface area contributed by atoms with Gasteiger partial charge in [-0.1, -0.05) is 0 Å². The number of rotatable bonds is 4. The molecule has 102 valence electrons. The predicted octanol–water partition coefficient (Wildman–Crippen LogP) is 0.0861. The van der Waals surface area contributed by atoms with Crippen molar-refractivity contribution < 1.29 is 13.5 Å². The van der Waals surface area contributed by atoms with Gasteiger partial charge >= 0.3 is 0 Å². The van der Waals surface area contributed by atoms with Crippen molar-refractivity contribution in [2.45, 2.75) is 37.7 Å². The number of hydrogen-bond donors (Lipinski definition) is 2. The molecule has 1 aromatic heterocycles. The second-order valence-corrected chi connectivity index (χ2v) is 6.67. The van der Waals surface area contributed by atoms with E-state index in [1.54, 1.807) is 25.6 Å². The highest BCUT2D eigenvalue weighted by molar-refractivity contribution is 7.89. The molecule has 1 heterocycles. The van der Waals surface area contributed by atoms with Gasteiger partial charge in [0.15, 0.2) is 0 Å². The molecule has 0 amide bonds. The summed E-state index contributed by atoms with van der Waals surface area (Å²) < 4.78 is 28.5. The van der Waals surface area contributed by atoms with Gasteiger partial charge in [-0.05, 0) is 32.6 Å². The van der Waals surface area contributed by atoms with Crippen molar-refractivity contribution in [3.63, 3.8) is 0 Å². The predicted molar refractivity (Wildman–Crippen MR) is 66.6 cm³/mol. The summed E-state index contributed by atoms with van der Waals surface area (Å²) in [4.78, 5) is 0.268. The van der Waals surface area contributed by atoms with Crippen LogP contribution < -0.4 is 4.72 Å². The summed E-state index contributed by atoms with van der Waals surface area (Å²) >= 11 is 0. The average molecular weight is 273 g/mol. The molecular formula is C11H19N3O3S. The maximum Gasteiger partial charge on any atom is 0.244 e. The van der Waals surface area contributed by atoms with Gasteiger partial charge in [-0.25, -0.2) is 13.1 Å². The average Bonchev–Trinajstić information content (AvgIpc) is 2.47. The Labute approximate surface area is 107 Å². The first-order chi connectivity index (χ1) is 8.31. The molecule has 0 aromatic carbocycles. The standard InChI is InChI=1S/C11H19N3O3S/c1-7-11(8(2)14(3)13-7)18(16,17)12-6-9-4-10(15)5-9/h9-10,12,15H,4-6H2,1-3H3. The molecule has 2 N–H and O–H groups in total. The smallest absolute Gasteiger partial charge is 0.244 e. The third-order valence-corrected chi connectivity index (χ3v) is 5.16. The number of aliphatic hydroxyl groups excluding tert-OH is 1. The van der Waals surface area contributed by atoms with Gasteiger partial charge in [0, 0.05) is 13.6 Å². The molecule has 1 fully saturated rings. The van der Waals surface area contributed by atoms with Crippen LogP contribution in [0.3, 0.4) is 0 Å². The normalized spacial score (nSPS) is 24.0. The van der Waals surface area contributed by atoms with Crippen LogP contribution in [0.4, 0.5) is 0 Å². The molecule has 0 saturated heterocycles. The quantitative estimate of drug-likeness (QED) is 0.814. The van der Waals surface area contributed by atoms with Crippen LogP contribution in [0.1, 0.15) is 24.2 Å². The van der Waals surface area contributed by atoms with Crippen molar-refractivity contribution in [2.24, 2.45) is 13.0 Å². The van der Waals surface area contributed by atoms with E-state index in [0.29, 0.717) is 30.8 Å². The highest BCUT2D eigenvalue weighted by Crippen LogP contribution is 2.27. The number of sulfonamides is 1. The minimum absolute atomic E-state index is 0.243. The second-order valence-electron chi connectivity index (χ2n) is 4.97. The van der Waals surface area contributed by atoms with Crippen LogP contribution in [0.5, 0.6) is 0 Å². The van der Waals surface area contributed by atoms with E-state index in [0.717, 1.165) is 0 Å². The lowest BCUT2D eigenvalue weighted by Crippen LogP contribution is -2.38. The van der Waals surface area contributed by atoms with E-state index in [1.165, 1.54) is 0 Å². The lowest BCUT2D eigenvalue weighted by Gasteiger charge is -2.31. The van der Waals surface area contributed by atoms with Crippen molar-refractivity contribution in [3.05, 3.63) is 11.4 Å². The van der Waals surface area contributed by atoms with Gasteiger partial charge in [0.25, 0.3) is 0 Å². The first-order valence-corrected chi connectivity index (χ1v) is 7.47. The number of aliphatic hydroxyl groups is 1. The second kappa shape index (κ2) is 4.64. The first-order valence-electron chi connectivity index (χ1n) is 5.99. The first kappa shape index (κ1) is 13.5. The topological polar surface area (TPSA) is 84.2 Å². The molecule has 1 aliphatic rings. The highest BCUT2D eigenvalue weighted by atomic mass is 32.2. The Kier molecular flexibility index (Phi) is 3.48. The lowest BCUT2D eigenvalue weighted by molar-refractivity contribution is 0.0453. The zero-order chi connectivity index (χ0) is 13.5. The molecule has 0 spiro atoms. The Morgan fingerprint density at radius 2 is 2.06 bits per heavy atom. The zero-order valence-electron chi connectivity index (χ0n) is 10.8. The zero-order valence-corrected chi connectivity index (χ0v) is 11.7. The molecule has 1 aliphatic carbocycles. The van der Waals surface area contributed by atoms with E-state index in [1.807, 2.05) is 0 Å². The Morgan fingerprint density at radius 1 is 1.44 bits per heavy atom. The maximum atomic E-state index is 12.2. The summed E-state index contributed by atoms with van der Waals surface area (Å²) in [6, 6.07) is 0. The van der Waals surface area contributed by atoms with Crippen LogP contribution in [-0.4, -0.2) is 36.0 Å².